The average Bonchev–Trinajstić information content (AvgIpc) is 2.95. The van der Waals surface area contributed by atoms with Gasteiger partial charge in [0.1, 0.15) is 0 Å². The van der Waals surface area contributed by atoms with Crippen LogP contribution in [0.15, 0.2) is 42.5 Å². The Morgan fingerprint density at radius 3 is 2.55 bits per heavy atom. The highest BCUT2D eigenvalue weighted by molar-refractivity contribution is 5.92. The second-order valence-electron chi connectivity index (χ2n) is 5.35. The minimum Gasteiger partial charge on any atom is -0.454 e. The third-order valence-electron chi connectivity index (χ3n) is 3.47. The smallest absolute Gasteiger partial charge is 0.231 e. The van der Waals surface area contributed by atoms with Gasteiger partial charge in [0.05, 0.1) is 6.42 Å². The number of fused-ring (bicyclic) bond motifs is 1. The second kappa shape index (κ2) is 5.97. The van der Waals surface area contributed by atoms with Gasteiger partial charge in [-0.2, -0.15) is 0 Å². The molecule has 3 rings (SSSR count). The van der Waals surface area contributed by atoms with Gasteiger partial charge in [0, 0.05) is 25.5 Å². The summed E-state index contributed by atoms with van der Waals surface area (Å²) in [4.78, 5) is 14.1. The maximum Gasteiger partial charge on any atom is 0.231 e. The van der Waals surface area contributed by atoms with E-state index in [0.29, 0.717) is 12.2 Å². The molecule has 5 heteroatoms. The van der Waals surface area contributed by atoms with Crippen LogP contribution >= 0.6 is 0 Å². The van der Waals surface area contributed by atoms with E-state index < -0.39 is 0 Å². The average molecular weight is 298 g/mol. The zero-order valence-electron chi connectivity index (χ0n) is 12.6. The van der Waals surface area contributed by atoms with Crippen molar-refractivity contribution < 1.29 is 14.3 Å². The third kappa shape index (κ3) is 3.14. The van der Waals surface area contributed by atoms with Crippen molar-refractivity contribution >= 4 is 17.3 Å². The van der Waals surface area contributed by atoms with Crippen LogP contribution in [0.4, 0.5) is 11.4 Å². The molecular formula is C17H18N2O3. The van der Waals surface area contributed by atoms with Crippen molar-refractivity contribution in [1.82, 2.24) is 0 Å². The Morgan fingerprint density at radius 2 is 1.82 bits per heavy atom. The first-order valence-corrected chi connectivity index (χ1v) is 7.07. The highest BCUT2D eigenvalue weighted by Gasteiger charge is 2.14. The van der Waals surface area contributed by atoms with Gasteiger partial charge >= 0.3 is 0 Å². The number of benzene rings is 2. The number of hydrogen-bond donors (Lipinski definition) is 1. The maximum atomic E-state index is 12.1. The van der Waals surface area contributed by atoms with Crippen molar-refractivity contribution in [3.8, 4) is 11.5 Å². The zero-order chi connectivity index (χ0) is 15.5. The number of carbonyl (C=O) groups is 1. The van der Waals surface area contributed by atoms with E-state index in [1.54, 1.807) is 0 Å². The number of nitrogens with one attached hydrogen (secondary N) is 1. The molecule has 0 radical (unpaired) electrons. The largest absolute Gasteiger partial charge is 0.454 e. The summed E-state index contributed by atoms with van der Waals surface area (Å²) < 4.78 is 10.6. The molecule has 5 nitrogen and oxygen atoms in total. The topological polar surface area (TPSA) is 50.8 Å². The van der Waals surface area contributed by atoms with Crippen LogP contribution < -0.4 is 19.7 Å². The predicted molar refractivity (Wildman–Crippen MR) is 85.7 cm³/mol. The minimum atomic E-state index is -0.0588. The van der Waals surface area contributed by atoms with Crippen LogP contribution in [0.1, 0.15) is 5.56 Å². The van der Waals surface area contributed by atoms with Crippen molar-refractivity contribution in [2.24, 2.45) is 0 Å². The quantitative estimate of drug-likeness (QED) is 0.943. The number of carbonyl (C=O) groups excluding carboxylic acids is 1. The van der Waals surface area contributed by atoms with E-state index in [4.69, 9.17) is 9.47 Å². The first-order chi connectivity index (χ1) is 10.6. The molecule has 114 valence electrons. The van der Waals surface area contributed by atoms with Crippen LogP contribution in [0.25, 0.3) is 0 Å². The molecule has 0 bridgehead atoms. The van der Waals surface area contributed by atoms with Crippen molar-refractivity contribution in [2.75, 3.05) is 31.1 Å². The van der Waals surface area contributed by atoms with Crippen LogP contribution in [0, 0.1) is 0 Å². The van der Waals surface area contributed by atoms with E-state index in [0.717, 1.165) is 22.7 Å². The van der Waals surface area contributed by atoms with Gasteiger partial charge < -0.3 is 19.7 Å². The Hall–Kier alpha value is -2.69. The van der Waals surface area contributed by atoms with Crippen LogP contribution in [-0.4, -0.2) is 26.8 Å². The molecule has 0 spiro atoms. The monoisotopic (exact) mass is 298 g/mol. The fraction of sp³-hybridized carbons (Fsp3) is 0.235. The molecule has 0 atom stereocenters. The molecule has 0 unspecified atom stereocenters. The number of hydrogen-bond acceptors (Lipinski definition) is 4. The van der Waals surface area contributed by atoms with Gasteiger partial charge in [-0.3, -0.25) is 4.79 Å². The molecule has 1 aliphatic heterocycles. The van der Waals surface area contributed by atoms with Gasteiger partial charge in [-0.1, -0.05) is 6.07 Å². The van der Waals surface area contributed by atoms with E-state index in [2.05, 4.69) is 5.32 Å². The molecule has 0 aromatic heterocycles. The highest BCUT2D eigenvalue weighted by Crippen LogP contribution is 2.32. The van der Waals surface area contributed by atoms with Crippen molar-refractivity contribution in [3.63, 3.8) is 0 Å². The molecule has 1 amide bonds. The second-order valence-corrected chi connectivity index (χ2v) is 5.35. The van der Waals surface area contributed by atoms with E-state index in [1.165, 1.54) is 0 Å². The van der Waals surface area contributed by atoms with E-state index in [-0.39, 0.29) is 12.7 Å². The van der Waals surface area contributed by atoms with E-state index >= 15 is 0 Å². The Labute approximate surface area is 129 Å². The Kier molecular flexibility index (Phi) is 3.87. The van der Waals surface area contributed by atoms with Crippen molar-refractivity contribution in [2.45, 2.75) is 6.42 Å². The Balaban J connectivity index is 1.62. The lowest BCUT2D eigenvalue weighted by Crippen LogP contribution is -2.14. The van der Waals surface area contributed by atoms with Crippen LogP contribution in [-0.2, 0) is 11.2 Å². The number of amides is 1. The van der Waals surface area contributed by atoms with Gasteiger partial charge in [0.25, 0.3) is 0 Å². The molecule has 0 fully saturated rings. The molecule has 22 heavy (non-hydrogen) atoms. The lowest BCUT2D eigenvalue weighted by molar-refractivity contribution is -0.115. The molecule has 2 aromatic carbocycles. The zero-order valence-corrected chi connectivity index (χ0v) is 12.6. The normalized spacial score (nSPS) is 12.1. The summed E-state index contributed by atoms with van der Waals surface area (Å²) in [6.07, 6.45) is 0.298. The van der Waals surface area contributed by atoms with Gasteiger partial charge in [-0.05, 0) is 42.0 Å². The molecule has 1 N–H and O–H groups in total. The lowest BCUT2D eigenvalue weighted by Gasteiger charge is -2.13. The molecule has 0 saturated heterocycles. The predicted octanol–water partition coefficient (Wildman–Crippen LogP) is 2.66. The summed E-state index contributed by atoms with van der Waals surface area (Å²) in [5, 5.41) is 2.89. The summed E-state index contributed by atoms with van der Waals surface area (Å²) in [6, 6.07) is 13.3. The summed E-state index contributed by atoms with van der Waals surface area (Å²) in [5.41, 5.74) is 2.77. The first-order valence-electron chi connectivity index (χ1n) is 7.07. The maximum absolute atomic E-state index is 12.1. The summed E-state index contributed by atoms with van der Waals surface area (Å²) in [6.45, 7) is 0.239. The molecule has 0 saturated carbocycles. The van der Waals surface area contributed by atoms with Crippen molar-refractivity contribution in [3.05, 3.63) is 48.0 Å². The van der Waals surface area contributed by atoms with Crippen LogP contribution in [0.3, 0.4) is 0 Å². The number of nitrogens with zero attached hydrogens (tertiary/aromatic N) is 1. The van der Waals surface area contributed by atoms with Gasteiger partial charge in [0.15, 0.2) is 11.5 Å². The molecular weight excluding hydrogens is 280 g/mol. The van der Waals surface area contributed by atoms with Crippen LogP contribution in [0.5, 0.6) is 11.5 Å². The third-order valence-corrected chi connectivity index (χ3v) is 3.47. The summed E-state index contributed by atoms with van der Waals surface area (Å²) in [7, 11) is 3.96. The highest BCUT2D eigenvalue weighted by atomic mass is 16.7. The van der Waals surface area contributed by atoms with Crippen LogP contribution in [0.2, 0.25) is 0 Å². The minimum absolute atomic E-state index is 0.0588. The number of ether oxygens (including phenoxy) is 2. The van der Waals surface area contributed by atoms with Gasteiger partial charge in [-0.25, -0.2) is 0 Å². The van der Waals surface area contributed by atoms with E-state index in [9.17, 15) is 4.79 Å². The Bertz CT molecular complexity index is 681. The first kappa shape index (κ1) is 14.3. The standard InChI is InChI=1S/C17H18N2O3/c1-19(2)14-6-4-13(5-7-14)18-17(20)10-12-3-8-15-16(9-12)22-11-21-15/h3-9H,10-11H2,1-2H3,(H,18,20). The molecule has 0 aliphatic carbocycles. The Morgan fingerprint density at radius 1 is 1.09 bits per heavy atom. The van der Waals surface area contributed by atoms with Gasteiger partial charge in [0.2, 0.25) is 12.7 Å². The fourth-order valence-corrected chi connectivity index (χ4v) is 2.28. The summed E-state index contributed by atoms with van der Waals surface area (Å²) >= 11 is 0. The lowest BCUT2D eigenvalue weighted by atomic mass is 10.1. The number of anilines is 2. The molecule has 1 heterocycles. The molecule has 2 aromatic rings. The molecule has 1 aliphatic rings. The van der Waals surface area contributed by atoms with Gasteiger partial charge in [-0.15, -0.1) is 0 Å². The summed E-state index contributed by atoms with van der Waals surface area (Å²) in [5.74, 6) is 1.36. The van der Waals surface area contributed by atoms with Crippen molar-refractivity contribution in [1.29, 1.82) is 0 Å². The fourth-order valence-electron chi connectivity index (χ4n) is 2.28. The number of rotatable bonds is 4. The SMILES string of the molecule is CN(C)c1ccc(NC(=O)Cc2ccc3c(c2)OCO3)cc1. The van der Waals surface area contributed by atoms with E-state index in [1.807, 2.05) is 61.5 Å².